The molecule has 0 saturated heterocycles. The summed E-state index contributed by atoms with van der Waals surface area (Å²) in [6.07, 6.45) is 1.12. The third kappa shape index (κ3) is 5.73. The molecule has 0 aliphatic heterocycles. The Morgan fingerprint density at radius 1 is 0.966 bits per heavy atom. The molecule has 1 amide bonds. The van der Waals surface area contributed by atoms with Gasteiger partial charge in [-0.25, -0.2) is 8.42 Å². The lowest BCUT2D eigenvalue weighted by Gasteiger charge is -2.14. The summed E-state index contributed by atoms with van der Waals surface area (Å²) in [7, 11) is -3.42. The number of amides is 1. The van der Waals surface area contributed by atoms with E-state index in [0.29, 0.717) is 27.9 Å². The van der Waals surface area contributed by atoms with Crippen molar-refractivity contribution in [1.82, 2.24) is 0 Å². The molecule has 29 heavy (non-hydrogen) atoms. The Morgan fingerprint density at radius 3 is 2.38 bits per heavy atom. The lowest BCUT2D eigenvalue weighted by molar-refractivity contribution is -0.114. The van der Waals surface area contributed by atoms with E-state index in [9.17, 15) is 13.2 Å². The van der Waals surface area contributed by atoms with Gasteiger partial charge in [0.15, 0.2) is 15.6 Å². The summed E-state index contributed by atoms with van der Waals surface area (Å²) < 4.78 is 29.6. The zero-order valence-electron chi connectivity index (χ0n) is 15.6. The first-order valence-corrected chi connectivity index (χ1v) is 10.9. The van der Waals surface area contributed by atoms with Crippen molar-refractivity contribution in [1.29, 1.82) is 0 Å². The van der Waals surface area contributed by atoms with E-state index in [4.69, 9.17) is 16.3 Å². The summed E-state index contributed by atoms with van der Waals surface area (Å²) in [6.45, 7) is -0.135. The molecule has 0 radical (unpaired) electrons. The second-order valence-electron chi connectivity index (χ2n) is 6.23. The fourth-order valence-corrected chi connectivity index (χ4v) is 3.65. The molecule has 3 rings (SSSR count). The van der Waals surface area contributed by atoms with Crippen LogP contribution in [-0.4, -0.2) is 27.1 Å². The molecule has 0 aliphatic carbocycles. The molecule has 150 valence electrons. The van der Waals surface area contributed by atoms with Gasteiger partial charge < -0.3 is 15.4 Å². The lowest BCUT2D eigenvalue weighted by Crippen LogP contribution is -2.22. The van der Waals surface area contributed by atoms with Crippen LogP contribution in [0.25, 0.3) is 0 Å². The number of para-hydroxylation sites is 2. The molecule has 6 nitrogen and oxygen atoms in total. The highest BCUT2D eigenvalue weighted by molar-refractivity contribution is 7.90. The van der Waals surface area contributed by atoms with Crippen molar-refractivity contribution in [2.24, 2.45) is 0 Å². The normalized spacial score (nSPS) is 11.0. The molecule has 0 fully saturated rings. The first-order valence-electron chi connectivity index (χ1n) is 8.68. The standard InChI is InChI=1S/C21H19ClN2O4S/c1-29(26,27)20-10-6-5-9-17(20)23-14-21(25)24-18-13-15(22)11-12-19(18)28-16-7-3-2-4-8-16/h2-13,23H,14H2,1H3,(H,24,25). The predicted molar refractivity (Wildman–Crippen MR) is 115 cm³/mol. The van der Waals surface area contributed by atoms with Crippen molar-refractivity contribution in [2.45, 2.75) is 4.90 Å². The third-order valence-corrected chi connectivity index (χ3v) is 5.30. The van der Waals surface area contributed by atoms with Gasteiger partial charge in [0.2, 0.25) is 5.91 Å². The first kappa shape index (κ1) is 20.7. The number of rotatable bonds is 7. The fraction of sp³-hybridized carbons (Fsp3) is 0.0952. The van der Waals surface area contributed by atoms with Crippen LogP contribution in [0.15, 0.2) is 77.7 Å². The SMILES string of the molecule is CS(=O)(=O)c1ccccc1NCC(=O)Nc1cc(Cl)ccc1Oc1ccccc1. The molecular weight excluding hydrogens is 412 g/mol. The topological polar surface area (TPSA) is 84.5 Å². The molecule has 0 saturated carbocycles. The summed E-state index contributed by atoms with van der Waals surface area (Å²) in [5.41, 5.74) is 0.765. The Labute approximate surface area is 174 Å². The van der Waals surface area contributed by atoms with Crippen molar-refractivity contribution in [2.75, 3.05) is 23.4 Å². The van der Waals surface area contributed by atoms with Crippen LogP contribution in [-0.2, 0) is 14.6 Å². The van der Waals surface area contributed by atoms with Gasteiger partial charge in [-0.05, 0) is 42.5 Å². The van der Waals surface area contributed by atoms with Gasteiger partial charge in [0.25, 0.3) is 0 Å². The monoisotopic (exact) mass is 430 g/mol. The maximum absolute atomic E-state index is 12.4. The van der Waals surface area contributed by atoms with E-state index in [1.54, 1.807) is 48.5 Å². The highest BCUT2D eigenvalue weighted by atomic mass is 35.5. The average molecular weight is 431 g/mol. The van der Waals surface area contributed by atoms with E-state index in [-0.39, 0.29) is 17.3 Å². The number of ether oxygens (including phenoxy) is 1. The van der Waals surface area contributed by atoms with Crippen molar-refractivity contribution >= 4 is 38.7 Å². The minimum absolute atomic E-state index is 0.128. The van der Waals surface area contributed by atoms with Crippen molar-refractivity contribution in [3.05, 3.63) is 77.8 Å². The van der Waals surface area contributed by atoms with Crippen LogP contribution in [0.1, 0.15) is 0 Å². The number of carbonyl (C=O) groups is 1. The molecule has 0 aliphatic rings. The quantitative estimate of drug-likeness (QED) is 0.572. The Hall–Kier alpha value is -3.03. The van der Waals surface area contributed by atoms with Crippen LogP contribution in [0, 0.1) is 0 Å². The lowest BCUT2D eigenvalue weighted by atomic mass is 10.2. The van der Waals surface area contributed by atoms with E-state index >= 15 is 0 Å². The van der Waals surface area contributed by atoms with Crippen molar-refractivity contribution in [3.63, 3.8) is 0 Å². The minimum atomic E-state index is -3.42. The summed E-state index contributed by atoms with van der Waals surface area (Å²) in [5, 5.41) is 6.04. The molecule has 0 heterocycles. The van der Waals surface area contributed by atoms with E-state index in [0.717, 1.165) is 6.26 Å². The van der Waals surface area contributed by atoms with Gasteiger partial charge >= 0.3 is 0 Å². The van der Waals surface area contributed by atoms with E-state index in [1.807, 2.05) is 18.2 Å². The van der Waals surface area contributed by atoms with Gasteiger partial charge in [0.05, 0.1) is 22.8 Å². The zero-order valence-corrected chi connectivity index (χ0v) is 17.1. The molecule has 3 aromatic carbocycles. The number of carbonyl (C=O) groups excluding carboxylic acids is 1. The van der Waals surface area contributed by atoms with Crippen molar-refractivity contribution in [3.8, 4) is 11.5 Å². The van der Waals surface area contributed by atoms with Gasteiger partial charge in [-0.3, -0.25) is 4.79 Å². The molecule has 2 N–H and O–H groups in total. The van der Waals surface area contributed by atoms with Gasteiger partial charge in [-0.2, -0.15) is 0 Å². The molecule has 0 unspecified atom stereocenters. The smallest absolute Gasteiger partial charge is 0.243 e. The van der Waals surface area contributed by atoms with Crippen LogP contribution >= 0.6 is 11.6 Å². The number of nitrogens with one attached hydrogen (secondary N) is 2. The fourth-order valence-electron chi connectivity index (χ4n) is 2.61. The van der Waals surface area contributed by atoms with Crippen LogP contribution in [0.5, 0.6) is 11.5 Å². The van der Waals surface area contributed by atoms with E-state index in [2.05, 4.69) is 10.6 Å². The number of sulfone groups is 1. The number of hydrogen-bond acceptors (Lipinski definition) is 5. The number of hydrogen-bond donors (Lipinski definition) is 2. The first-order chi connectivity index (χ1) is 13.8. The van der Waals surface area contributed by atoms with Gasteiger partial charge in [-0.1, -0.05) is 41.9 Å². The van der Waals surface area contributed by atoms with Gasteiger partial charge in [-0.15, -0.1) is 0 Å². The maximum Gasteiger partial charge on any atom is 0.243 e. The summed E-state index contributed by atoms with van der Waals surface area (Å²) >= 11 is 6.06. The Bertz CT molecular complexity index is 1120. The molecule has 8 heteroatoms. The van der Waals surface area contributed by atoms with Crippen LogP contribution in [0.4, 0.5) is 11.4 Å². The van der Waals surface area contributed by atoms with Crippen LogP contribution in [0.3, 0.4) is 0 Å². The summed E-state index contributed by atoms with van der Waals surface area (Å²) in [5.74, 6) is 0.671. The Kier molecular flexibility index (Phi) is 6.41. The minimum Gasteiger partial charge on any atom is -0.455 e. The van der Waals surface area contributed by atoms with E-state index < -0.39 is 9.84 Å². The molecule has 0 bridgehead atoms. The largest absolute Gasteiger partial charge is 0.455 e. The highest BCUT2D eigenvalue weighted by Gasteiger charge is 2.14. The number of benzene rings is 3. The Morgan fingerprint density at radius 2 is 1.66 bits per heavy atom. The summed E-state index contributed by atoms with van der Waals surface area (Å²) in [6, 6.07) is 20.5. The maximum atomic E-state index is 12.4. The van der Waals surface area contributed by atoms with Crippen molar-refractivity contribution < 1.29 is 17.9 Å². The zero-order chi connectivity index (χ0) is 20.9. The highest BCUT2D eigenvalue weighted by Crippen LogP contribution is 2.32. The predicted octanol–water partition coefficient (Wildman–Crippen LogP) is 4.59. The molecule has 3 aromatic rings. The van der Waals surface area contributed by atoms with Crippen LogP contribution in [0.2, 0.25) is 5.02 Å². The number of halogens is 1. The summed E-state index contributed by atoms with van der Waals surface area (Å²) in [4.78, 5) is 12.6. The van der Waals surface area contributed by atoms with Gasteiger partial charge in [0, 0.05) is 11.3 Å². The number of anilines is 2. The molecule has 0 atom stereocenters. The third-order valence-electron chi connectivity index (χ3n) is 3.91. The van der Waals surface area contributed by atoms with Gasteiger partial charge in [0.1, 0.15) is 5.75 Å². The van der Waals surface area contributed by atoms with Crippen LogP contribution < -0.4 is 15.4 Å². The molecular formula is C21H19ClN2O4S. The molecule has 0 aromatic heterocycles. The van der Waals surface area contributed by atoms with E-state index in [1.165, 1.54) is 6.07 Å². The second kappa shape index (κ2) is 8.98. The average Bonchev–Trinajstić information content (AvgIpc) is 2.69. The Balaban J connectivity index is 1.72. The molecule has 0 spiro atoms. The second-order valence-corrected chi connectivity index (χ2v) is 8.65.